The van der Waals surface area contributed by atoms with Crippen LogP contribution in [-0.4, -0.2) is 13.2 Å². The third-order valence-corrected chi connectivity index (χ3v) is 8.44. The van der Waals surface area contributed by atoms with Crippen molar-refractivity contribution in [2.24, 2.45) is 11.8 Å². The molecule has 2 heteroatoms. The molecule has 0 spiro atoms. The summed E-state index contributed by atoms with van der Waals surface area (Å²) >= 11 is 0. The van der Waals surface area contributed by atoms with E-state index >= 15 is 0 Å². The Kier molecular flexibility index (Phi) is 10.3. The minimum atomic E-state index is -0.216. The predicted molar refractivity (Wildman–Crippen MR) is 148 cm³/mol. The quantitative estimate of drug-likeness (QED) is 0.300. The molecule has 0 atom stereocenters. The fourth-order valence-corrected chi connectivity index (χ4v) is 6.22. The zero-order chi connectivity index (χ0) is 24.5. The third-order valence-electron chi connectivity index (χ3n) is 8.44. The van der Waals surface area contributed by atoms with Gasteiger partial charge in [0.15, 0.2) is 6.29 Å². The SMILES string of the molecule is CCCCCCCC1CCC(c2ccc(-c3ccc([C@H]4OC[C@H](CCC)CO4)cc3)c(C)c2)CC1. The molecule has 0 bridgehead atoms. The Balaban J connectivity index is 1.28. The molecular weight excluding hydrogens is 428 g/mol. The summed E-state index contributed by atoms with van der Waals surface area (Å²) in [5.41, 5.74) is 6.69. The first-order valence-corrected chi connectivity index (χ1v) is 14.6. The van der Waals surface area contributed by atoms with Crippen molar-refractivity contribution in [3.63, 3.8) is 0 Å². The molecule has 1 aliphatic carbocycles. The lowest BCUT2D eigenvalue weighted by atomic mass is 9.76. The van der Waals surface area contributed by atoms with Crippen molar-refractivity contribution in [2.75, 3.05) is 13.2 Å². The van der Waals surface area contributed by atoms with Gasteiger partial charge in [-0.05, 0) is 73.1 Å². The Morgan fingerprint density at radius 2 is 1.37 bits per heavy atom. The van der Waals surface area contributed by atoms with Gasteiger partial charge < -0.3 is 9.47 Å². The van der Waals surface area contributed by atoms with Gasteiger partial charge in [0, 0.05) is 11.5 Å². The lowest BCUT2D eigenvalue weighted by molar-refractivity contribution is -0.206. The Morgan fingerprint density at radius 1 is 0.686 bits per heavy atom. The number of rotatable bonds is 11. The summed E-state index contributed by atoms with van der Waals surface area (Å²) in [6, 6.07) is 16.0. The Morgan fingerprint density at radius 3 is 2.03 bits per heavy atom. The van der Waals surface area contributed by atoms with Crippen LogP contribution in [0.15, 0.2) is 42.5 Å². The maximum atomic E-state index is 6.00. The van der Waals surface area contributed by atoms with Crippen molar-refractivity contribution in [3.8, 4) is 11.1 Å². The van der Waals surface area contributed by atoms with Gasteiger partial charge in [0.1, 0.15) is 0 Å². The van der Waals surface area contributed by atoms with Crippen LogP contribution >= 0.6 is 0 Å². The molecule has 0 aromatic heterocycles. The highest BCUT2D eigenvalue weighted by Crippen LogP contribution is 2.39. The van der Waals surface area contributed by atoms with Gasteiger partial charge in [0.25, 0.3) is 0 Å². The Bertz CT molecular complexity index is 870. The van der Waals surface area contributed by atoms with Crippen molar-refractivity contribution < 1.29 is 9.47 Å². The van der Waals surface area contributed by atoms with E-state index in [1.165, 1.54) is 93.7 Å². The highest BCUT2D eigenvalue weighted by Gasteiger charge is 2.24. The molecule has 2 aliphatic rings. The second-order valence-corrected chi connectivity index (χ2v) is 11.3. The molecule has 1 saturated heterocycles. The molecule has 35 heavy (non-hydrogen) atoms. The monoisotopic (exact) mass is 476 g/mol. The summed E-state index contributed by atoms with van der Waals surface area (Å²) in [5, 5.41) is 0. The summed E-state index contributed by atoms with van der Waals surface area (Å²) in [7, 11) is 0. The van der Waals surface area contributed by atoms with Crippen LogP contribution in [0, 0.1) is 18.8 Å². The van der Waals surface area contributed by atoms with Crippen LogP contribution < -0.4 is 0 Å². The normalized spacial score (nSPS) is 25.0. The molecule has 2 aromatic carbocycles. The van der Waals surface area contributed by atoms with E-state index in [1.54, 1.807) is 5.56 Å². The molecule has 4 rings (SSSR count). The fraction of sp³-hybridized carbons (Fsp3) is 0.636. The molecule has 1 aliphatic heterocycles. The number of unbranched alkanes of at least 4 members (excludes halogenated alkanes) is 4. The van der Waals surface area contributed by atoms with Crippen LogP contribution in [0.2, 0.25) is 0 Å². The zero-order valence-electron chi connectivity index (χ0n) is 22.6. The van der Waals surface area contributed by atoms with Crippen molar-refractivity contribution >= 4 is 0 Å². The highest BCUT2D eigenvalue weighted by atomic mass is 16.7. The molecule has 0 radical (unpaired) electrons. The molecule has 1 saturated carbocycles. The largest absolute Gasteiger partial charge is 0.348 e. The lowest BCUT2D eigenvalue weighted by Crippen LogP contribution is -2.26. The van der Waals surface area contributed by atoms with Crippen LogP contribution in [0.5, 0.6) is 0 Å². The molecule has 2 aromatic rings. The molecule has 2 fully saturated rings. The van der Waals surface area contributed by atoms with E-state index in [9.17, 15) is 0 Å². The van der Waals surface area contributed by atoms with E-state index in [4.69, 9.17) is 9.47 Å². The number of aryl methyl sites for hydroxylation is 1. The van der Waals surface area contributed by atoms with Gasteiger partial charge in [-0.25, -0.2) is 0 Å². The summed E-state index contributed by atoms with van der Waals surface area (Å²) in [5.74, 6) is 2.27. The summed E-state index contributed by atoms with van der Waals surface area (Å²) in [6.07, 6.45) is 16.3. The van der Waals surface area contributed by atoms with Crippen molar-refractivity contribution in [3.05, 3.63) is 59.2 Å². The number of ether oxygens (including phenoxy) is 2. The van der Waals surface area contributed by atoms with E-state index in [-0.39, 0.29) is 6.29 Å². The van der Waals surface area contributed by atoms with Crippen molar-refractivity contribution in [1.29, 1.82) is 0 Å². The standard InChI is InChI=1S/C33H48O2/c1-4-6-7-8-9-11-26-12-14-28(15-13-26)31-20-21-32(25(3)22-31)29-16-18-30(19-17-29)33-34-23-27(10-5-2)24-35-33/h16-22,26-28,33H,4-15,23-24H2,1-3H3/t26?,27-,28?,33-. The van der Waals surface area contributed by atoms with Crippen LogP contribution in [-0.2, 0) is 9.47 Å². The van der Waals surface area contributed by atoms with E-state index in [0.29, 0.717) is 5.92 Å². The second kappa shape index (κ2) is 13.6. The summed E-state index contributed by atoms with van der Waals surface area (Å²) in [6.45, 7) is 8.41. The van der Waals surface area contributed by atoms with Gasteiger partial charge in [0.05, 0.1) is 13.2 Å². The van der Waals surface area contributed by atoms with Crippen molar-refractivity contribution in [2.45, 2.75) is 110 Å². The van der Waals surface area contributed by atoms with E-state index in [2.05, 4.69) is 63.2 Å². The van der Waals surface area contributed by atoms with Gasteiger partial charge in [-0.2, -0.15) is 0 Å². The van der Waals surface area contributed by atoms with Gasteiger partial charge >= 0.3 is 0 Å². The van der Waals surface area contributed by atoms with Crippen LogP contribution in [0.4, 0.5) is 0 Å². The summed E-state index contributed by atoms with van der Waals surface area (Å²) < 4.78 is 12.0. The zero-order valence-corrected chi connectivity index (χ0v) is 22.6. The van der Waals surface area contributed by atoms with E-state index in [1.807, 2.05) is 0 Å². The highest BCUT2D eigenvalue weighted by molar-refractivity contribution is 5.68. The summed E-state index contributed by atoms with van der Waals surface area (Å²) in [4.78, 5) is 0. The number of hydrogen-bond acceptors (Lipinski definition) is 2. The first kappa shape index (κ1) is 26.4. The van der Waals surface area contributed by atoms with Crippen molar-refractivity contribution in [1.82, 2.24) is 0 Å². The first-order valence-electron chi connectivity index (χ1n) is 14.6. The molecule has 192 valence electrons. The van der Waals surface area contributed by atoms with Crippen LogP contribution in [0.3, 0.4) is 0 Å². The molecule has 0 amide bonds. The Hall–Kier alpha value is -1.64. The molecule has 0 unspecified atom stereocenters. The van der Waals surface area contributed by atoms with Gasteiger partial charge in [-0.3, -0.25) is 0 Å². The van der Waals surface area contributed by atoms with Crippen LogP contribution in [0.25, 0.3) is 11.1 Å². The van der Waals surface area contributed by atoms with Gasteiger partial charge in [-0.1, -0.05) is 101 Å². The number of hydrogen-bond donors (Lipinski definition) is 0. The Labute approximate surface area is 214 Å². The van der Waals surface area contributed by atoms with E-state index < -0.39 is 0 Å². The molecule has 1 heterocycles. The fourth-order valence-electron chi connectivity index (χ4n) is 6.22. The van der Waals surface area contributed by atoms with Crippen LogP contribution in [0.1, 0.15) is 120 Å². The first-order chi connectivity index (χ1) is 17.2. The van der Waals surface area contributed by atoms with Gasteiger partial charge in [-0.15, -0.1) is 0 Å². The topological polar surface area (TPSA) is 18.5 Å². The molecule has 0 N–H and O–H groups in total. The maximum absolute atomic E-state index is 6.00. The lowest BCUT2D eigenvalue weighted by Gasteiger charge is -2.29. The third kappa shape index (κ3) is 7.43. The maximum Gasteiger partial charge on any atom is 0.183 e. The van der Waals surface area contributed by atoms with Gasteiger partial charge in [0.2, 0.25) is 0 Å². The minimum absolute atomic E-state index is 0.216. The number of benzene rings is 2. The molecule has 2 nitrogen and oxygen atoms in total. The second-order valence-electron chi connectivity index (χ2n) is 11.3. The molecular formula is C33H48O2. The predicted octanol–water partition coefficient (Wildman–Crippen LogP) is 9.76. The average Bonchev–Trinajstić information content (AvgIpc) is 2.90. The minimum Gasteiger partial charge on any atom is -0.348 e. The smallest absolute Gasteiger partial charge is 0.183 e. The average molecular weight is 477 g/mol. The van der Waals surface area contributed by atoms with E-state index in [0.717, 1.165) is 30.6 Å².